The zero-order chi connectivity index (χ0) is 13.8. The number of hydrogen-bond donors (Lipinski definition) is 1. The van der Waals surface area contributed by atoms with Gasteiger partial charge in [-0.15, -0.1) is 21.5 Å². The molecular weight excluding hydrogens is 272 g/mol. The Hall–Kier alpha value is -1.24. The maximum Gasteiger partial charge on any atom is 0.257 e. The van der Waals surface area contributed by atoms with Gasteiger partial charge in [-0.2, -0.15) is 0 Å². The third kappa shape index (κ3) is 3.45. The zero-order valence-corrected chi connectivity index (χ0v) is 12.5. The quantitative estimate of drug-likeness (QED) is 0.916. The lowest BCUT2D eigenvalue weighted by atomic mass is 9.99. The van der Waals surface area contributed by atoms with E-state index in [4.69, 9.17) is 4.42 Å². The summed E-state index contributed by atoms with van der Waals surface area (Å²) in [5.74, 6) is 2.05. The molecule has 6 heteroatoms. The number of rotatable bonds is 5. The fraction of sp³-hybridized carbons (Fsp3) is 0.571. The van der Waals surface area contributed by atoms with E-state index in [0.29, 0.717) is 11.8 Å². The van der Waals surface area contributed by atoms with Crippen molar-refractivity contribution in [2.45, 2.75) is 19.4 Å². The van der Waals surface area contributed by atoms with Crippen LogP contribution in [-0.4, -0.2) is 41.8 Å². The first-order valence-corrected chi connectivity index (χ1v) is 7.95. The average Bonchev–Trinajstić information content (AvgIpc) is 3.10. The lowest BCUT2D eigenvalue weighted by Crippen LogP contribution is -2.36. The summed E-state index contributed by atoms with van der Waals surface area (Å²) in [7, 11) is 2.11. The molecule has 0 aromatic carbocycles. The standard InChI is InChI=1S/C14H20N4OS/c1-18(9-11-4-2-6-15-8-11)10-13-16-17-14(19-13)12-5-3-7-20-12/h3,5,7,11,15H,2,4,6,8-10H2,1H3. The van der Waals surface area contributed by atoms with E-state index in [1.54, 1.807) is 11.3 Å². The van der Waals surface area contributed by atoms with Gasteiger partial charge in [-0.1, -0.05) is 6.07 Å². The van der Waals surface area contributed by atoms with Crippen LogP contribution in [-0.2, 0) is 6.54 Å². The molecule has 108 valence electrons. The summed E-state index contributed by atoms with van der Waals surface area (Å²) in [6, 6.07) is 3.99. The second-order valence-corrected chi connectivity index (χ2v) is 6.34. The molecule has 1 aliphatic rings. The summed E-state index contributed by atoms with van der Waals surface area (Å²) >= 11 is 1.62. The fourth-order valence-electron chi connectivity index (χ4n) is 2.63. The van der Waals surface area contributed by atoms with Gasteiger partial charge in [0.05, 0.1) is 11.4 Å². The Morgan fingerprint density at radius 2 is 2.45 bits per heavy atom. The smallest absolute Gasteiger partial charge is 0.257 e. The van der Waals surface area contributed by atoms with Crippen LogP contribution in [0.15, 0.2) is 21.9 Å². The van der Waals surface area contributed by atoms with Gasteiger partial charge < -0.3 is 9.73 Å². The Morgan fingerprint density at radius 1 is 1.50 bits per heavy atom. The highest BCUT2D eigenvalue weighted by molar-refractivity contribution is 7.13. The maximum atomic E-state index is 5.72. The molecule has 5 nitrogen and oxygen atoms in total. The normalized spacial score (nSPS) is 19.6. The number of nitrogens with one attached hydrogen (secondary N) is 1. The Balaban J connectivity index is 1.54. The van der Waals surface area contributed by atoms with E-state index >= 15 is 0 Å². The van der Waals surface area contributed by atoms with Crippen LogP contribution in [0.3, 0.4) is 0 Å². The number of thiophene rings is 1. The highest BCUT2D eigenvalue weighted by Crippen LogP contribution is 2.23. The Morgan fingerprint density at radius 3 is 3.20 bits per heavy atom. The van der Waals surface area contributed by atoms with Crippen molar-refractivity contribution in [2.75, 3.05) is 26.7 Å². The monoisotopic (exact) mass is 292 g/mol. The van der Waals surface area contributed by atoms with Gasteiger partial charge in [-0.25, -0.2) is 0 Å². The molecule has 20 heavy (non-hydrogen) atoms. The van der Waals surface area contributed by atoms with Crippen molar-refractivity contribution in [2.24, 2.45) is 5.92 Å². The number of nitrogens with zero attached hydrogens (tertiary/aromatic N) is 3. The molecule has 2 aromatic rings. The molecule has 2 aromatic heterocycles. The SMILES string of the molecule is CN(Cc1nnc(-c2cccs2)o1)CC1CCCNC1. The van der Waals surface area contributed by atoms with Crippen molar-refractivity contribution in [1.82, 2.24) is 20.4 Å². The molecule has 0 saturated carbocycles. The molecule has 1 atom stereocenters. The second kappa shape index (κ2) is 6.47. The predicted octanol–water partition coefficient (Wildman–Crippen LogP) is 2.23. The molecule has 0 amide bonds. The minimum Gasteiger partial charge on any atom is -0.419 e. The molecule has 0 aliphatic carbocycles. The number of aromatic nitrogens is 2. The second-order valence-electron chi connectivity index (χ2n) is 5.39. The van der Waals surface area contributed by atoms with Crippen LogP contribution in [0, 0.1) is 5.92 Å². The lowest BCUT2D eigenvalue weighted by Gasteiger charge is -2.26. The van der Waals surface area contributed by atoms with Crippen LogP contribution in [0.25, 0.3) is 10.8 Å². The van der Waals surface area contributed by atoms with Crippen molar-refractivity contribution < 1.29 is 4.42 Å². The average molecular weight is 292 g/mol. The summed E-state index contributed by atoms with van der Waals surface area (Å²) in [5, 5.41) is 13.7. The Bertz CT molecular complexity index is 519. The molecule has 1 unspecified atom stereocenters. The van der Waals surface area contributed by atoms with E-state index in [1.165, 1.54) is 12.8 Å². The molecule has 1 fully saturated rings. The largest absolute Gasteiger partial charge is 0.419 e. The lowest BCUT2D eigenvalue weighted by molar-refractivity contribution is 0.221. The predicted molar refractivity (Wildman–Crippen MR) is 79.5 cm³/mol. The van der Waals surface area contributed by atoms with Crippen molar-refractivity contribution >= 4 is 11.3 Å². The van der Waals surface area contributed by atoms with Gasteiger partial charge in [-0.3, -0.25) is 4.90 Å². The highest BCUT2D eigenvalue weighted by atomic mass is 32.1. The summed E-state index contributed by atoms with van der Waals surface area (Å²) in [6.07, 6.45) is 2.59. The molecule has 0 bridgehead atoms. The van der Waals surface area contributed by atoms with Crippen molar-refractivity contribution in [3.63, 3.8) is 0 Å². The first-order valence-electron chi connectivity index (χ1n) is 7.07. The fourth-order valence-corrected chi connectivity index (χ4v) is 3.28. The van der Waals surface area contributed by atoms with E-state index < -0.39 is 0 Å². The van der Waals surface area contributed by atoms with Crippen LogP contribution in [0.5, 0.6) is 0 Å². The first-order chi connectivity index (χ1) is 9.81. The molecule has 3 heterocycles. The minimum absolute atomic E-state index is 0.628. The van der Waals surface area contributed by atoms with Crippen molar-refractivity contribution in [3.8, 4) is 10.8 Å². The van der Waals surface area contributed by atoms with E-state index in [9.17, 15) is 0 Å². The molecular formula is C14H20N4OS. The van der Waals surface area contributed by atoms with Crippen LogP contribution in [0.2, 0.25) is 0 Å². The van der Waals surface area contributed by atoms with E-state index in [-0.39, 0.29) is 0 Å². The van der Waals surface area contributed by atoms with Gasteiger partial charge in [0.15, 0.2) is 0 Å². The molecule has 0 spiro atoms. The van der Waals surface area contributed by atoms with Crippen LogP contribution >= 0.6 is 11.3 Å². The van der Waals surface area contributed by atoms with Crippen molar-refractivity contribution in [3.05, 3.63) is 23.4 Å². The Labute approximate surface area is 123 Å². The highest BCUT2D eigenvalue weighted by Gasteiger charge is 2.17. The number of piperidine rings is 1. The zero-order valence-electron chi connectivity index (χ0n) is 11.7. The molecule has 0 radical (unpaired) electrons. The first kappa shape index (κ1) is 13.7. The van der Waals surface area contributed by atoms with E-state index in [2.05, 4.69) is 27.5 Å². The van der Waals surface area contributed by atoms with E-state index in [0.717, 1.165) is 37.0 Å². The van der Waals surface area contributed by atoms with Gasteiger partial charge in [0.25, 0.3) is 5.89 Å². The Kier molecular flexibility index (Phi) is 4.44. The summed E-state index contributed by atoms with van der Waals surface area (Å²) in [4.78, 5) is 3.30. The molecule has 3 rings (SSSR count). The summed E-state index contributed by atoms with van der Waals surface area (Å²) < 4.78 is 5.72. The maximum absolute atomic E-state index is 5.72. The van der Waals surface area contributed by atoms with Gasteiger partial charge >= 0.3 is 0 Å². The third-order valence-electron chi connectivity index (χ3n) is 3.57. The minimum atomic E-state index is 0.628. The molecule has 1 aliphatic heterocycles. The number of hydrogen-bond acceptors (Lipinski definition) is 6. The molecule has 1 saturated heterocycles. The van der Waals surface area contributed by atoms with Crippen LogP contribution in [0.1, 0.15) is 18.7 Å². The summed E-state index contributed by atoms with van der Waals surface area (Å²) in [6.45, 7) is 4.07. The van der Waals surface area contributed by atoms with Gasteiger partial charge in [0.1, 0.15) is 0 Å². The van der Waals surface area contributed by atoms with Gasteiger partial charge in [0.2, 0.25) is 5.89 Å². The molecule has 1 N–H and O–H groups in total. The van der Waals surface area contributed by atoms with Gasteiger partial charge in [-0.05, 0) is 50.3 Å². The van der Waals surface area contributed by atoms with Crippen LogP contribution in [0.4, 0.5) is 0 Å². The summed E-state index contributed by atoms with van der Waals surface area (Å²) in [5.41, 5.74) is 0. The van der Waals surface area contributed by atoms with Crippen molar-refractivity contribution in [1.29, 1.82) is 0 Å². The third-order valence-corrected chi connectivity index (χ3v) is 4.43. The van der Waals surface area contributed by atoms with Crippen LogP contribution < -0.4 is 5.32 Å². The topological polar surface area (TPSA) is 54.2 Å². The van der Waals surface area contributed by atoms with E-state index in [1.807, 2.05) is 17.5 Å². The van der Waals surface area contributed by atoms with Gasteiger partial charge in [0, 0.05) is 6.54 Å².